The second-order valence-electron chi connectivity index (χ2n) is 3.28. The Morgan fingerprint density at radius 2 is 2.50 bits per heavy atom. The van der Waals surface area contributed by atoms with Crippen molar-refractivity contribution in [2.45, 2.75) is 25.0 Å². The number of aliphatic hydroxyl groups is 1. The highest BCUT2D eigenvalue weighted by atomic mass is 16.5. The van der Waals surface area contributed by atoms with Crippen molar-refractivity contribution in [2.75, 3.05) is 13.2 Å². The molecule has 1 aliphatic heterocycles. The molecule has 3 N–H and O–H groups in total. The molecule has 2 rings (SSSR count). The highest BCUT2D eigenvalue weighted by Crippen LogP contribution is 2.26. The number of nitrogens with two attached hydrogens (primary N) is 1. The predicted octanol–water partition coefficient (Wildman–Crippen LogP) is -0.0868. The van der Waals surface area contributed by atoms with E-state index < -0.39 is 6.04 Å². The van der Waals surface area contributed by atoms with Crippen molar-refractivity contribution in [1.82, 2.24) is 10.1 Å². The molecule has 1 aromatic rings. The van der Waals surface area contributed by atoms with E-state index in [1.54, 1.807) is 0 Å². The minimum atomic E-state index is -0.599. The van der Waals surface area contributed by atoms with Crippen molar-refractivity contribution >= 4 is 0 Å². The summed E-state index contributed by atoms with van der Waals surface area (Å²) in [6, 6.07) is -0.599. The number of ether oxygens (including phenoxy) is 1. The van der Waals surface area contributed by atoms with Gasteiger partial charge < -0.3 is 20.1 Å². The third kappa shape index (κ3) is 1.77. The first-order valence-corrected chi connectivity index (χ1v) is 4.63. The standard InChI is InChI=1S/C8H13N3O3/c9-5(4-12)8-10-7(11-14-8)6-2-1-3-13-6/h5-6,12H,1-4,9H2/t5-,6?/m0/s1. The lowest BCUT2D eigenvalue weighted by atomic mass is 10.2. The minimum absolute atomic E-state index is 0.0709. The van der Waals surface area contributed by atoms with E-state index in [4.69, 9.17) is 20.1 Å². The van der Waals surface area contributed by atoms with E-state index in [1.165, 1.54) is 0 Å². The molecule has 2 atom stereocenters. The summed E-state index contributed by atoms with van der Waals surface area (Å²) in [6.45, 7) is 0.535. The lowest BCUT2D eigenvalue weighted by Gasteiger charge is -2.01. The van der Waals surface area contributed by atoms with Gasteiger partial charge in [-0.3, -0.25) is 0 Å². The van der Waals surface area contributed by atoms with E-state index in [0.717, 1.165) is 19.4 Å². The van der Waals surface area contributed by atoms with Gasteiger partial charge in [0.05, 0.1) is 6.61 Å². The molecule has 0 amide bonds. The quantitative estimate of drug-likeness (QED) is 0.706. The Morgan fingerprint density at radius 3 is 3.14 bits per heavy atom. The molecule has 0 aromatic carbocycles. The maximum absolute atomic E-state index is 8.78. The predicted molar refractivity (Wildman–Crippen MR) is 46.2 cm³/mol. The largest absolute Gasteiger partial charge is 0.394 e. The molecule has 78 valence electrons. The Balaban J connectivity index is 2.08. The van der Waals surface area contributed by atoms with E-state index in [2.05, 4.69) is 10.1 Å². The number of nitrogens with zero attached hydrogens (tertiary/aromatic N) is 2. The summed E-state index contributed by atoms with van der Waals surface area (Å²) in [7, 11) is 0. The van der Waals surface area contributed by atoms with Gasteiger partial charge in [-0.05, 0) is 12.8 Å². The first-order chi connectivity index (χ1) is 6.81. The molecule has 0 radical (unpaired) electrons. The smallest absolute Gasteiger partial charge is 0.246 e. The minimum Gasteiger partial charge on any atom is -0.394 e. The number of aliphatic hydroxyl groups excluding tert-OH is 1. The highest BCUT2D eigenvalue weighted by molar-refractivity contribution is 4.96. The lowest BCUT2D eigenvalue weighted by Crippen LogP contribution is -2.15. The van der Waals surface area contributed by atoms with Gasteiger partial charge in [-0.2, -0.15) is 4.98 Å². The topological polar surface area (TPSA) is 94.4 Å². The fraction of sp³-hybridized carbons (Fsp3) is 0.750. The first kappa shape index (κ1) is 9.57. The Kier molecular flexibility index (Phi) is 2.76. The molecule has 14 heavy (non-hydrogen) atoms. The van der Waals surface area contributed by atoms with Crippen LogP contribution in [0.1, 0.15) is 36.7 Å². The van der Waals surface area contributed by atoms with Gasteiger partial charge in [0.15, 0.2) is 0 Å². The normalized spacial score (nSPS) is 24.0. The van der Waals surface area contributed by atoms with E-state index in [1.807, 2.05) is 0 Å². The van der Waals surface area contributed by atoms with E-state index in [0.29, 0.717) is 5.82 Å². The summed E-state index contributed by atoms with van der Waals surface area (Å²) in [5.74, 6) is 0.791. The zero-order valence-corrected chi connectivity index (χ0v) is 7.72. The average molecular weight is 199 g/mol. The summed E-state index contributed by atoms with van der Waals surface area (Å²) < 4.78 is 10.3. The molecule has 1 aliphatic rings. The fourth-order valence-corrected chi connectivity index (χ4v) is 1.39. The van der Waals surface area contributed by atoms with E-state index >= 15 is 0 Å². The van der Waals surface area contributed by atoms with Crippen LogP contribution in [0.4, 0.5) is 0 Å². The number of hydrogen-bond donors (Lipinski definition) is 2. The Labute approximate surface area is 81.0 Å². The molecule has 0 bridgehead atoms. The van der Waals surface area contributed by atoms with Crippen molar-refractivity contribution in [3.63, 3.8) is 0 Å². The maximum atomic E-state index is 8.78. The average Bonchev–Trinajstić information content (AvgIpc) is 2.86. The molecule has 0 aliphatic carbocycles. The maximum Gasteiger partial charge on any atom is 0.246 e. The summed E-state index contributed by atoms with van der Waals surface area (Å²) in [4.78, 5) is 4.08. The van der Waals surface area contributed by atoms with Crippen LogP contribution in [0.2, 0.25) is 0 Å². The molecule has 1 aromatic heterocycles. The van der Waals surface area contributed by atoms with Crippen LogP contribution in [-0.4, -0.2) is 28.5 Å². The molecular weight excluding hydrogens is 186 g/mol. The number of aromatic nitrogens is 2. The van der Waals surface area contributed by atoms with Crippen molar-refractivity contribution < 1.29 is 14.4 Å². The highest BCUT2D eigenvalue weighted by Gasteiger charge is 2.24. The van der Waals surface area contributed by atoms with Gasteiger partial charge in [0.2, 0.25) is 11.7 Å². The molecular formula is C8H13N3O3. The third-order valence-electron chi connectivity index (χ3n) is 2.19. The SMILES string of the molecule is N[C@@H](CO)c1nc(C2CCCO2)no1. The zero-order chi connectivity index (χ0) is 9.97. The van der Waals surface area contributed by atoms with Crippen LogP contribution in [0.3, 0.4) is 0 Å². The van der Waals surface area contributed by atoms with Crippen LogP contribution in [-0.2, 0) is 4.74 Å². The summed E-state index contributed by atoms with van der Waals surface area (Å²) in [6.07, 6.45) is 1.85. The van der Waals surface area contributed by atoms with Crippen LogP contribution >= 0.6 is 0 Å². The van der Waals surface area contributed by atoms with Crippen LogP contribution in [0.5, 0.6) is 0 Å². The zero-order valence-electron chi connectivity index (χ0n) is 7.72. The number of rotatable bonds is 3. The van der Waals surface area contributed by atoms with Gasteiger partial charge in [-0.15, -0.1) is 0 Å². The van der Waals surface area contributed by atoms with Crippen molar-refractivity contribution in [3.05, 3.63) is 11.7 Å². The summed E-state index contributed by atoms with van der Waals surface area (Å²) >= 11 is 0. The third-order valence-corrected chi connectivity index (χ3v) is 2.19. The van der Waals surface area contributed by atoms with E-state index in [9.17, 15) is 0 Å². The second-order valence-corrected chi connectivity index (χ2v) is 3.28. The van der Waals surface area contributed by atoms with Gasteiger partial charge in [-0.25, -0.2) is 0 Å². The van der Waals surface area contributed by atoms with Crippen LogP contribution < -0.4 is 5.73 Å². The van der Waals surface area contributed by atoms with Crippen LogP contribution in [0, 0.1) is 0 Å². The Morgan fingerprint density at radius 1 is 1.64 bits per heavy atom. The molecule has 0 saturated carbocycles. The molecule has 1 fully saturated rings. The lowest BCUT2D eigenvalue weighted by molar-refractivity contribution is 0.103. The summed E-state index contributed by atoms with van der Waals surface area (Å²) in [5.41, 5.74) is 5.52. The molecule has 0 spiro atoms. The van der Waals surface area contributed by atoms with Gasteiger partial charge in [0.25, 0.3) is 0 Å². The van der Waals surface area contributed by atoms with Gasteiger partial charge in [0, 0.05) is 6.61 Å². The van der Waals surface area contributed by atoms with Gasteiger partial charge in [0.1, 0.15) is 12.1 Å². The molecule has 1 saturated heterocycles. The molecule has 6 nitrogen and oxygen atoms in total. The van der Waals surface area contributed by atoms with Crippen LogP contribution in [0.25, 0.3) is 0 Å². The van der Waals surface area contributed by atoms with Crippen molar-refractivity contribution in [3.8, 4) is 0 Å². The molecule has 1 unspecified atom stereocenters. The Hall–Kier alpha value is -0.980. The Bertz CT molecular complexity index is 296. The van der Waals surface area contributed by atoms with Crippen molar-refractivity contribution in [2.24, 2.45) is 5.73 Å². The van der Waals surface area contributed by atoms with Crippen molar-refractivity contribution in [1.29, 1.82) is 0 Å². The first-order valence-electron chi connectivity index (χ1n) is 4.63. The second kappa shape index (κ2) is 4.04. The fourth-order valence-electron chi connectivity index (χ4n) is 1.39. The summed E-state index contributed by atoms with van der Waals surface area (Å²) in [5, 5.41) is 12.5. The molecule has 2 heterocycles. The monoisotopic (exact) mass is 199 g/mol. The van der Waals surface area contributed by atoms with E-state index in [-0.39, 0.29) is 18.6 Å². The number of hydrogen-bond acceptors (Lipinski definition) is 6. The van der Waals surface area contributed by atoms with Gasteiger partial charge >= 0.3 is 0 Å². The van der Waals surface area contributed by atoms with Crippen LogP contribution in [0.15, 0.2) is 4.52 Å². The molecule has 6 heteroatoms. The van der Waals surface area contributed by atoms with Gasteiger partial charge in [-0.1, -0.05) is 5.16 Å².